The molecule has 0 atom stereocenters. The first-order chi connectivity index (χ1) is 15.9. The molecule has 0 aliphatic carbocycles. The first kappa shape index (κ1) is 29.7. The van der Waals surface area contributed by atoms with Gasteiger partial charge in [-0.1, -0.05) is 77.9 Å². The third kappa shape index (κ3) is 9.45. The van der Waals surface area contributed by atoms with Crippen molar-refractivity contribution in [3.8, 4) is 0 Å². The molecule has 2 rings (SSSR count). The summed E-state index contributed by atoms with van der Waals surface area (Å²) in [6.45, 7) is 23.6. The lowest BCUT2D eigenvalue weighted by Gasteiger charge is -2.37. The molecule has 0 amide bonds. The first-order valence-electron chi connectivity index (χ1n) is 12.5. The lowest BCUT2D eigenvalue weighted by atomic mass is 9.84. The molecule has 0 aliphatic heterocycles. The van der Waals surface area contributed by atoms with Crippen molar-refractivity contribution >= 4 is 25.3 Å². The molecule has 4 radical (unpaired) electrons. The average molecular weight is 509 g/mol. The molecule has 0 N–H and O–H groups in total. The maximum absolute atomic E-state index is 11.8. The summed E-state index contributed by atoms with van der Waals surface area (Å²) < 4.78 is 13.1. The van der Waals surface area contributed by atoms with E-state index >= 15 is 0 Å². The van der Waals surface area contributed by atoms with Crippen LogP contribution in [0.15, 0.2) is 42.5 Å². The summed E-state index contributed by atoms with van der Waals surface area (Å²) >= 11 is 0. The van der Waals surface area contributed by atoms with Crippen LogP contribution in [0.4, 0.5) is 0 Å². The zero-order chi connectivity index (χ0) is 26.7. The number of carbonyl (C=O) groups is 1. The lowest BCUT2D eigenvalue weighted by Crippen LogP contribution is -2.34. The zero-order valence-electron chi connectivity index (χ0n) is 23.7. The highest BCUT2D eigenvalue weighted by Crippen LogP contribution is 2.39. The average Bonchev–Trinajstić information content (AvgIpc) is 2.74. The van der Waals surface area contributed by atoms with Crippen LogP contribution in [0.2, 0.25) is 10.1 Å². The summed E-state index contributed by atoms with van der Waals surface area (Å²) in [6.07, 6.45) is 1.79. The number of aryl methyl sites for hydroxylation is 2. The number of hydrogen-bond acceptors (Lipinski definition) is 3. The van der Waals surface area contributed by atoms with Gasteiger partial charge in [0.05, 0.1) is 11.2 Å². The normalized spacial score (nSPS) is 13.2. The summed E-state index contributed by atoms with van der Waals surface area (Å²) in [5.74, 6) is 0.107. The maximum Gasteiger partial charge on any atom is 0.236 e. The second kappa shape index (κ2) is 11.2. The second-order valence-electron chi connectivity index (χ2n) is 12.6. The molecule has 0 aliphatic rings. The van der Waals surface area contributed by atoms with Gasteiger partial charge in [0, 0.05) is 5.56 Å². The number of benzene rings is 2. The standard InChI is InChI=1S/C30H44O3Si2/c1-21(31)24-14-12-13-22(19-24)15-16-23-17-18-25(29(8,9)32-34-27(2,3)4)26(20-23)30(10,11)33-35-28(5,6)7/h12-14,17-20H,15-16H2,1-11H3. The minimum Gasteiger partial charge on any atom is -0.408 e. The molecule has 35 heavy (non-hydrogen) atoms. The fourth-order valence-electron chi connectivity index (χ4n) is 3.68. The van der Waals surface area contributed by atoms with Crippen molar-refractivity contribution in [1.82, 2.24) is 0 Å². The van der Waals surface area contributed by atoms with Crippen molar-refractivity contribution < 1.29 is 13.6 Å². The molecule has 2 aromatic rings. The molecule has 0 saturated heterocycles. The van der Waals surface area contributed by atoms with Gasteiger partial charge in [-0.15, -0.1) is 0 Å². The predicted octanol–water partition coefficient (Wildman–Crippen LogP) is 7.85. The Morgan fingerprint density at radius 3 is 1.66 bits per heavy atom. The van der Waals surface area contributed by atoms with Gasteiger partial charge in [0.2, 0.25) is 19.5 Å². The third-order valence-electron chi connectivity index (χ3n) is 5.64. The van der Waals surface area contributed by atoms with E-state index in [0.717, 1.165) is 18.4 Å². The minimum absolute atomic E-state index is 0.107. The largest absolute Gasteiger partial charge is 0.408 e. The first-order valence-corrected chi connectivity index (χ1v) is 14.4. The third-order valence-corrected chi connectivity index (χ3v) is 8.09. The van der Waals surface area contributed by atoms with E-state index in [1.807, 2.05) is 18.2 Å². The smallest absolute Gasteiger partial charge is 0.236 e. The molecule has 0 saturated carbocycles. The van der Waals surface area contributed by atoms with Gasteiger partial charge in [-0.25, -0.2) is 0 Å². The van der Waals surface area contributed by atoms with Crippen LogP contribution < -0.4 is 0 Å². The quantitative estimate of drug-likeness (QED) is 0.242. The van der Waals surface area contributed by atoms with E-state index in [1.165, 1.54) is 22.3 Å². The van der Waals surface area contributed by atoms with Gasteiger partial charge in [-0.05, 0) is 85.9 Å². The van der Waals surface area contributed by atoms with Crippen LogP contribution in [0.5, 0.6) is 0 Å². The van der Waals surface area contributed by atoms with Crippen molar-refractivity contribution in [2.75, 3.05) is 0 Å². The van der Waals surface area contributed by atoms with Crippen molar-refractivity contribution in [3.05, 3.63) is 70.3 Å². The molecule has 0 aromatic heterocycles. The number of rotatable bonds is 10. The van der Waals surface area contributed by atoms with Gasteiger partial charge >= 0.3 is 0 Å². The second-order valence-corrected chi connectivity index (χ2v) is 16.4. The molecule has 2 aromatic carbocycles. The Kier molecular flexibility index (Phi) is 9.54. The Bertz CT molecular complexity index is 1010. The Hall–Kier alpha value is -1.54. The van der Waals surface area contributed by atoms with Crippen LogP contribution in [0.1, 0.15) is 109 Å². The molecular formula is C30H44O3Si2. The zero-order valence-corrected chi connectivity index (χ0v) is 25.7. The van der Waals surface area contributed by atoms with Crippen molar-refractivity contribution in [3.63, 3.8) is 0 Å². The summed E-state index contributed by atoms with van der Waals surface area (Å²) in [5, 5.41) is 0.224. The van der Waals surface area contributed by atoms with Gasteiger partial charge in [-0.2, -0.15) is 0 Å². The molecule has 0 fully saturated rings. The van der Waals surface area contributed by atoms with Crippen LogP contribution in [-0.4, -0.2) is 25.3 Å². The molecule has 190 valence electrons. The lowest BCUT2D eigenvalue weighted by molar-refractivity contribution is 0.0829. The fraction of sp³-hybridized carbons (Fsp3) is 0.567. The van der Waals surface area contributed by atoms with Crippen LogP contribution >= 0.6 is 0 Å². The Balaban J connectivity index is 2.40. The van der Waals surface area contributed by atoms with Crippen molar-refractivity contribution in [1.29, 1.82) is 0 Å². The van der Waals surface area contributed by atoms with Gasteiger partial charge < -0.3 is 8.85 Å². The van der Waals surface area contributed by atoms with Crippen molar-refractivity contribution in [2.45, 2.75) is 110 Å². The highest BCUT2D eigenvalue weighted by Gasteiger charge is 2.34. The van der Waals surface area contributed by atoms with Crippen molar-refractivity contribution in [2.24, 2.45) is 0 Å². The van der Waals surface area contributed by atoms with Crippen LogP contribution in [0.3, 0.4) is 0 Å². The number of Topliss-reactive ketones (excluding diaryl/α,β-unsaturated/α-hetero) is 1. The Labute approximate surface area is 219 Å². The highest BCUT2D eigenvalue weighted by molar-refractivity contribution is 6.32. The number of carbonyl (C=O) groups excluding carboxylic acids is 1. The Morgan fingerprint density at radius 2 is 1.17 bits per heavy atom. The summed E-state index contributed by atoms with van der Waals surface area (Å²) in [6, 6.07) is 14.7. The fourth-order valence-corrected chi connectivity index (χ4v) is 5.02. The SMILES string of the molecule is CC(=O)c1cccc(CCc2ccc(C(C)(C)O[Si]C(C)(C)C)c(C(C)(C)O[Si]C(C)(C)C)c2)c1. The highest BCUT2D eigenvalue weighted by atomic mass is 28.2. The van der Waals surface area contributed by atoms with E-state index in [1.54, 1.807) is 6.92 Å². The van der Waals surface area contributed by atoms with Crippen LogP contribution in [0, 0.1) is 0 Å². The Morgan fingerprint density at radius 1 is 0.686 bits per heavy atom. The van der Waals surface area contributed by atoms with E-state index < -0.39 is 11.2 Å². The summed E-state index contributed by atoms with van der Waals surface area (Å²) in [4.78, 5) is 11.8. The van der Waals surface area contributed by atoms with Gasteiger partial charge in [0.25, 0.3) is 0 Å². The van der Waals surface area contributed by atoms with Gasteiger partial charge in [-0.3, -0.25) is 4.79 Å². The van der Waals surface area contributed by atoms with E-state index in [-0.39, 0.29) is 15.9 Å². The molecule has 0 bridgehead atoms. The molecular weight excluding hydrogens is 464 g/mol. The van der Waals surface area contributed by atoms with Gasteiger partial charge in [0.15, 0.2) is 5.78 Å². The predicted molar refractivity (Wildman–Crippen MR) is 149 cm³/mol. The van der Waals surface area contributed by atoms with Gasteiger partial charge in [0.1, 0.15) is 0 Å². The summed E-state index contributed by atoms with van der Waals surface area (Å²) in [7, 11) is 0.789. The summed E-state index contributed by atoms with van der Waals surface area (Å²) in [5.41, 5.74) is 4.71. The molecule has 3 nitrogen and oxygen atoms in total. The molecule has 5 heteroatoms. The topological polar surface area (TPSA) is 35.5 Å². The molecule has 0 heterocycles. The maximum atomic E-state index is 11.8. The minimum atomic E-state index is -0.447. The number of hydrogen-bond donors (Lipinski definition) is 0. The monoisotopic (exact) mass is 508 g/mol. The molecule has 0 spiro atoms. The van der Waals surface area contributed by atoms with Crippen LogP contribution in [-0.2, 0) is 32.9 Å². The van der Waals surface area contributed by atoms with E-state index in [9.17, 15) is 4.79 Å². The van der Waals surface area contributed by atoms with Crippen LogP contribution in [0.25, 0.3) is 0 Å². The molecule has 0 unspecified atom stereocenters. The number of ketones is 1. The van der Waals surface area contributed by atoms with E-state index in [2.05, 4.69) is 93.5 Å². The van der Waals surface area contributed by atoms with E-state index in [4.69, 9.17) is 8.85 Å². The van der Waals surface area contributed by atoms with E-state index in [0.29, 0.717) is 19.5 Å².